The van der Waals surface area contributed by atoms with Crippen molar-refractivity contribution in [2.24, 2.45) is 10.7 Å². The first-order valence-electron chi connectivity index (χ1n) is 6.36. The molecule has 1 aromatic heterocycles. The molecule has 1 heterocycles. The van der Waals surface area contributed by atoms with Crippen LogP contribution in [-0.4, -0.2) is 17.3 Å². The molecule has 0 saturated carbocycles. The molecule has 122 valence electrons. The normalized spacial score (nSPS) is 12.1. The molecule has 23 heavy (non-hydrogen) atoms. The molecule has 0 aliphatic carbocycles. The summed E-state index contributed by atoms with van der Waals surface area (Å²) in [6.07, 6.45) is -4.76. The number of aliphatic imine (C=N–C) groups is 1. The van der Waals surface area contributed by atoms with Gasteiger partial charge < -0.3 is 15.8 Å². The van der Waals surface area contributed by atoms with E-state index in [2.05, 4.69) is 36.0 Å². The van der Waals surface area contributed by atoms with Crippen molar-refractivity contribution in [3.05, 3.63) is 52.6 Å². The number of benzene rings is 1. The molecule has 0 unspecified atom stereocenters. The second-order valence-electron chi connectivity index (χ2n) is 4.33. The lowest BCUT2D eigenvalue weighted by molar-refractivity contribution is -0.274. The van der Waals surface area contributed by atoms with E-state index in [-0.39, 0.29) is 23.8 Å². The second-order valence-corrected chi connectivity index (χ2v) is 5.14. The maximum Gasteiger partial charge on any atom is 0.573 e. The van der Waals surface area contributed by atoms with Gasteiger partial charge in [-0.05, 0) is 34.1 Å². The highest BCUT2D eigenvalue weighted by Crippen LogP contribution is 2.26. The minimum absolute atomic E-state index is 0.0254. The monoisotopic (exact) mass is 388 g/mol. The van der Waals surface area contributed by atoms with E-state index in [1.54, 1.807) is 24.3 Å². The van der Waals surface area contributed by atoms with Crippen molar-refractivity contribution in [3.8, 4) is 5.75 Å². The van der Waals surface area contributed by atoms with Gasteiger partial charge in [0.05, 0.1) is 6.54 Å². The fourth-order valence-electron chi connectivity index (χ4n) is 1.68. The summed E-state index contributed by atoms with van der Waals surface area (Å²) in [6, 6.07) is 10.9. The van der Waals surface area contributed by atoms with E-state index in [4.69, 9.17) is 5.73 Å². The molecule has 5 nitrogen and oxygen atoms in total. The van der Waals surface area contributed by atoms with Gasteiger partial charge in [0.25, 0.3) is 0 Å². The molecule has 2 aromatic rings. The molecule has 3 N–H and O–H groups in total. The van der Waals surface area contributed by atoms with Crippen LogP contribution in [0, 0.1) is 0 Å². The molecule has 2 rings (SSSR count). The average Bonchev–Trinajstić information content (AvgIpc) is 2.45. The Hall–Kier alpha value is -2.29. The standard InChI is InChI=1S/C14H12BrF3N4O/c15-11-6-3-7-12(21-11)22-13(19)20-8-9-4-1-2-5-10(9)23-14(16,17)18/h1-7H,8H2,(H3,19,20,21,22). The van der Waals surface area contributed by atoms with Crippen LogP contribution in [0.2, 0.25) is 0 Å². The summed E-state index contributed by atoms with van der Waals surface area (Å²) in [7, 11) is 0. The average molecular weight is 389 g/mol. The smallest absolute Gasteiger partial charge is 0.405 e. The van der Waals surface area contributed by atoms with Crippen LogP contribution in [0.15, 0.2) is 52.1 Å². The van der Waals surface area contributed by atoms with Crippen molar-refractivity contribution in [3.63, 3.8) is 0 Å². The number of anilines is 1. The van der Waals surface area contributed by atoms with E-state index >= 15 is 0 Å². The van der Waals surface area contributed by atoms with Crippen LogP contribution in [0.5, 0.6) is 5.75 Å². The van der Waals surface area contributed by atoms with E-state index in [0.29, 0.717) is 10.4 Å². The number of hydrogen-bond donors (Lipinski definition) is 2. The van der Waals surface area contributed by atoms with Gasteiger partial charge in [-0.15, -0.1) is 13.2 Å². The van der Waals surface area contributed by atoms with Crippen LogP contribution >= 0.6 is 15.9 Å². The van der Waals surface area contributed by atoms with E-state index < -0.39 is 6.36 Å². The largest absolute Gasteiger partial charge is 0.573 e. The van der Waals surface area contributed by atoms with Crippen molar-refractivity contribution in [1.82, 2.24) is 4.98 Å². The fourth-order valence-corrected chi connectivity index (χ4v) is 2.02. The number of ether oxygens (including phenoxy) is 1. The number of pyridine rings is 1. The maximum atomic E-state index is 12.3. The number of nitrogens with two attached hydrogens (primary N) is 1. The number of hydrogen-bond acceptors (Lipinski definition) is 3. The highest BCUT2D eigenvalue weighted by Gasteiger charge is 2.31. The van der Waals surface area contributed by atoms with Gasteiger partial charge in [-0.2, -0.15) is 0 Å². The van der Waals surface area contributed by atoms with Gasteiger partial charge in [0.15, 0.2) is 5.96 Å². The summed E-state index contributed by atoms with van der Waals surface area (Å²) in [4.78, 5) is 8.10. The van der Waals surface area contributed by atoms with Crippen LogP contribution < -0.4 is 15.8 Å². The van der Waals surface area contributed by atoms with E-state index in [1.807, 2.05) is 0 Å². The Balaban J connectivity index is 2.07. The molecule has 0 amide bonds. The third kappa shape index (κ3) is 5.78. The van der Waals surface area contributed by atoms with E-state index in [1.165, 1.54) is 18.2 Å². The second kappa shape index (κ2) is 7.32. The van der Waals surface area contributed by atoms with Crippen molar-refractivity contribution < 1.29 is 17.9 Å². The summed E-state index contributed by atoms with van der Waals surface area (Å²) >= 11 is 3.21. The molecule has 0 radical (unpaired) electrons. The van der Waals surface area contributed by atoms with Gasteiger partial charge in [0, 0.05) is 5.56 Å². The summed E-state index contributed by atoms with van der Waals surface area (Å²) in [5, 5.41) is 2.74. The van der Waals surface area contributed by atoms with Gasteiger partial charge in [0.2, 0.25) is 0 Å². The summed E-state index contributed by atoms with van der Waals surface area (Å²) < 4.78 is 41.6. The molecular formula is C14H12BrF3N4O. The van der Waals surface area contributed by atoms with Crippen molar-refractivity contribution >= 4 is 27.7 Å². The topological polar surface area (TPSA) is 72.5 Å². The van der Waals surface area contributed by atoms with Gasteiger partial charge in [-0.25, -0.2) is 9.98 Å². The number of nitrogens with one attached hydrogen (secondary N) is 1. The number of aromatic nitrogens is 1. The highest BCUT2D eigenvalue weighted by atomic mass is 79.9. The number of guanidine groups is 1. The first kappa shape index (κ1) is 17.1. The first-order valence-corrected chi connectivity index (χ1v) is 7.16. The molecule has 0 bridgehead atoms. The first-order chi connectivity index (χ1) is 10.8. The Kier molecular flexibility index (Phi) is 5.43. The number of rotatable bonds is 4. The van der Waals surface area contributed by atoms with Crippen molar-refractivity contribution in [1.29, 1.82) is 0 Å². The lowest BCUT2D eigenvalue weighted by Gasteiger charge is -2.12. The molecule has 1 aromatic carbocycles. The SMILES string of the molecule is NC(=NCc1ccccc1OC(F)(F)F)Nc1cccc(Br)n1. The predicted molar refractivity (Wildman–Crippen MR) is 84.0 cm³/mol. The Morgan fingerprint density at radius 1 is 1.22 bits per heavy atom. The zero-order chi connectivity index (χ0) is 16.9. The third-order valence-corrected chi connectivity index (χ3v) is 3.03. The van der Waals surface area contributed by atoms with Crippen LogP contribution in [0.3, 0.4) is 0 Å². The lowest BCUT2D eigenvalue weighted by atomic mass is 10.2. The lowest BCUT2D eigenvalue weighted by Crippen LogP contribution is -2.23. The van der Waals surface area contributed by atoms with E-state index in [0.717, 1.165) is 0 Å². The molecule has 0 fully saturated rings. The summed E-state index contributed by atoms with van der Waals surface area (Å²) in [5.41, 5.74) is 5.96. The Bertz CT molecular complexity index is 706. The fraction of sp³-hybridized carbons (Fsp3) is 0.143. The Morgan fingerprint density at radius 2 is 1.96 bits per heavy atom. The molecule has 0 aliphatic rings. The number of para-hydroxylation sites is 1. The molecule has 0 saturated heterocycles. The molecule has 0 atom stereocenters. The van der Waals surface area contributed by atoms with Gasteiger partial charge >= 0.3 is 6.36 Å². The van der Waals surface area contributed by atoms with Crippen molar-refractivity contribution in [2.75, 3.05) is 5.32 Å². The van der Waals surface area contributed by atoms with Crippen molar-refractivity contribution in [2.45, 2.75) is 12.9 Å². The number of halogens is 4. The minimum Gasteiger partial charge on any atom is -0.405 e. The van der Waals surface area contributed by atoms with Gasteiger partial charge in [-0.1, -0.05) is 24.3 Å². The van der Waals surface area contributed by atoms with Crippen LogP contribution in [-0.2, 0) is 6.54 Å². The Morgan fingerprint density at radius 3 is 2.65 bits per heavy atom. The highest BCUT2D eigenvalue weighted by molar-refractivity contribution is 9.10. The van der Waals surface area contributed by atoms with Crippen LogP contribution in [0.4, 0.5) is 19.0 Å². The Labute approximate surface area is 138 Å². The molecule has 0 spiro atoms. The minimum atomic E-state index is -4.76. The number of alkyl halides is 3. The maximum absolute atomic E-state index is 12.3. The summed E-state index contributed by atoms with van der Waals surface area (Å²) in [6.45, 7) is -0.0703. The van der Waals surface area contributed by atoms with Gasteiger partial charge in [-0.3, -0.25) is 0 Å². The van der Waals surface area contributed by atoms with E-state index in [9.17, 15) is 13.2 Å². The molecular weight excluding hydrogens is 377 g/mol. The van der Waals surface area contributed by atoms with Crippen LogP contribution in [0.1, 0.15) is 5.56 Å². The molecule has 9 heteroatoms. The zero-order valence-electron chi connectivity index (χ0n) is 11.6. The third-order valence-electron chi connectivity index (χ3n) is 2.59. The molecule has 0 aliphatic heterocycles. The predicted octanol–water partition coefficient (Wildman–Crippen LogP) is 3.67. The zero-order valence-corrected chi connectivity index (χ0v) is 13.2. The van der Waals surface area contributed by atoms with Crippen LogP contribution in [0.25, 0.3) is 0 Å². The quantitative estimate of drug-likeness (QED) is 0.476. The summed E-state index contributed by atoms with van der Waals surface area (Å²) in [5.74, 6) is 0.176. The number of nitrogens with zero attached hydrogens (tertiary/aromatic N) is 2. The van der Waals surface area contributed by atoms with Gasteiger partial charge in [0.1, 0.15) is 16.2 Å².